The molecule has 1 saturated heterocycles. The first-order valence-corrected chi connectivity index (χ1v) is 11.0. The van der Waals surface area contributed by atoms with Crippen molar-refractivity contribution >= 4 is 45.3 Å². The van der Waals surface area contributed by atoms with E-state index in [1.54, 1.807) is 30.3 Å². The summed E-state index contributed by atoms with van der Waals surface area (Å²) in [6.07, 6.45) is 4.16. The lowest BCUT2D eigenvalue weighted by atomic mass is 10.2. The molecule has 9 heteroatoms. The minimum Gasteiger partial charge on any atom is -0.267 e. The summed E-state index contributed by atoms with van der Waals surface area (Å²) >= 11 is 11.8. The van der Waals surface area contributed by atoms with E-state index in [4.69, 9.17) is 23.2 Å². The molecule has 2 aromatic carbocycles. The van der Waals surface area contributed by atoms with E-state index in [-0.39, 0.29) is 10.5 Å². The minimum atomic E-state index is -3.60. The van der Waals surface area contributed by atoms with E-state index in [1.165, 1.54) is 22.7 Å². The monoisotopic (exact) mass is 439 g/mol. The second-order valence-electron chi connectivity index (χ2n) is 6.37. The maximum Gasteiger partial charge on any atom is 0.271 e. The lowest BCUT2D eigenvalue weighted by Gasteiger charge is -2.25. The Morgan fingerprint density at radius 2 is 1.79 bits per heavy atom. The molecule has 0 aromatic heterocycles. The van der Waals surface area contributed by atoms with Crippen molar-refractivity contribution in [3.63, 3.8) is 0 Å². The molecule has 1 N–H and O–H groups in total. The number of nitrogens with one attached hydrogen (secondary N) is 1. The van der Waals surface area contributed by atoms with Crippen LogP contribution in [0.4, 0.5) is 0 Å². The van der Waals surface area contributed by atoms with Crippen LogP contribution in [0.15, 0.2) is 52.5 Å². The molecule has 1 heterocycles. The van der Waals surface area contributed by atoms with Crippen LogP contribution in [-0.2, 0) is 10.0 Å². The SMILES string of the molecule is O=C(N/N=C/c1ccc(Cl)c(Cl)c1)c1cccc(S(=O)(=O)N2CCCCC2)c1. The lowest BCUT2D eigenvalue weighted by Crippen LogP contribution is -2.35. The maximum atomic E-state index is 12.8. The molecule has 0 radical (unpaired) electrons. The van der Waals surface area contributed by atoms with Crippen LogP contribution >= 0.6 is 23.2 Å². The van der Waals surface area contributed by atoms with Gasteiger partial charge in [-0.25, -0.2) is 13.8 Å². The van der Waals surface area contributed by atoms with Crippen LogP contribution in [0.2, 0.25) is 10.0 Å². The number of hydrazone groups is 1. The van der Waals surface area contributed by atoms with Gasteiger partial charge in [-0.05, 0) is 48.7 Å². The van der Waals surface area contributed by atoms with Crippen LogP contribution in [0.25, 0.3) is 0 Å². The van der Waals surface area contributed by atoms with Crippen molar-refractivity contribution in [1.82, 2.24) is 9.73 Å². The van der Waals surface area contributed by atoms with Crippen molar-refractivity contribution in [2.75, 3.05) is 13.1 Å². The van der Waals surface area contributed by atoms with Gasteiger partial charge in [0.2, 0.25) is 10.0 Å². The number of amides is 1. The van der Waals surface area contributed by atoms with Crippen LogP contribution in [0.1, 0.15) is 35.2 Å². The van der Waals surface area contributed by atoms with Crippen molar-refractivity contribution in [1.29, 1.82) is 0 Å². The zero-order valence-electron chi connectivity index (χ0n) is 14.9. The van der Waals surface area contributed by atoms with Gasteiger partial charge in [0.05, 0.1) is 21.2 Å². The van der Waals surface area contributed by atoms with E-state index in [1.807, 2.05) is 0 Å². The van der Waals surface area contributed by atoms with E-state index >= 15 is 0 Å². The Morgan fingerprint density at radius 1 is 1.04 bits per heavy atom. The molecule has 0 spiro atoms. The fourth-order valence-corrected chi connectivity index (χ4v) is 4.74. The third-order valence-electron chi connectivity index (χ3n) is 4.37. The van der Waals surface area contributed by atoms with Crippen LogP contribution < -0.4 is 5.43 Å². The Labute approximate surface area is 174 Å². The zero-order valence-corrected chi connectivity index (χ0v) is 17.3. The van der Waals surface area contributed by atoms with E-state index < -0.39 is 15.9 Å². The molecule has 0 unspecified atom stereocenters. The normalized spacial score (nSPS) is 15.6. The summed E-state index contributed by atoms with van der Waals surface area (Å²) in [6, 6.07) is 10.9. The van der Waals surface area contributed by atoms with Gasteiger partial charge in [-0.1, -0.05) is 41.8 Å². The summed E-state index contributed by atoms with van der Waals surface area (Å²) in [6.45, 7) is 1.01. The van der Waals surface area contributed by atoms with E-state index in [0.717, 1.165) is 19.3 Å². The molecule has 0 bridgehead atoms. The predicted octanol–water partition coefficient (Wildman–Crippen LogP) is 3.93. The van der Waals surface area contributed by atoms with Gasteiger partial charge in [0.25, 0.3) is 5.91 Å². The molecule has 3 rings (SSSR count). The van der Waals surface area contributed by atoms with Crippen LogP contribution in [0, 0.1) is 0 Å². The first-order chi connectivity index (χ1) is 13.4. The van der Waals surface area contributed by atoms with Gasteiger partial charge in [0, 0.05) is 18.7 Å². The van der Waals surface area contributed by atoms with Gasteiger partial charge in [0.15, 0.2) is 0 Å². The number of benzene rings is 2. The number of piperidine rings is 1. The summed E-state index contributed by atoms with van der Waals surface area (Å²) < 4.78 is 27.0. The summed E-state index contributed by atoms with van der Waals surface area (Å²) in [5.74, 6) is -0.507. The van der Waals surface area contributed by atoms with Crippen LogP contribution in [-0.4, -0.2) is 37.9 Å². The second-order valence-corrected chi connectivity index (χ2v) is 9.12. The number of carbonyl (C=O) groups excluding carboxylic acids is 1. The second kappa shape index (κ2) is 9.05. The Morgan fingerprint density at radius 3 is 2.50 bits per heavy atom. The molecule has 1 fully saturated rings. The maximum absolute atomic E-state index is 12.8. The Kier molecular flexibility index (Phi) is 6.72. The van der Waals surface area contributed by atoms with Gasteiger partial charge >= 0.3 is 0 Å². The summed E-state index contributed by atoms with van der Waals surface area (Å²) in [5.41, 5.74) is 3.26. The van der Waals surface area contributed by atoms with E-state index in [9.17, 15) is 13.2 Å². The molecule has 1 aliphatic rings. The highest BCUT2D eigenvalue weighted by atomic mass is 35.5. The fraction of sp³-hybridized carbons (Fsp3) is 0.263. The Balaban J connectivity index is 1.71. The Bertz CT molecular complexity index is 1000. The smallest absolute Gasteiger partial charge is 0.267 e. The minimum absolute atomic E-state index is 0.107. The average Bonchev–Trinajstić information content (AvgIpc) is 2.71. The number of nitrogens with zero attached hydrogens (tertiary/aromatic N) is 2. The first-order valence-electron chi connectivity index (χ1n) is 8.76. The van der Waals surface area contributed by atoms with Crippen molar-refractivity contribution in [3.8, 4) is 0 Å². The molecule has 2 aromatic rings. The number of hydrogen-bond acceptors (Lipinski definition) is 4. The van der Waals surface area contributed by atoms with Crippen LogP contribution in [0.5, 0.6) is 0 Å². The molecule has 148 valence electrons. The quantitative estimate of drug-likeness (QED) is 0.565. The van der Waals surface area contributed by atoms with Gasteiger partial charge < -0.3 is 0 Å². The highest BCUT2D eigenvalue weighted by molar-refractivity contribution is 7.89. The topological polar surface area (TPSA) is 78.8 Å². The summed E-state index contributed by atoms with van der Waals surface area (Å²) in [4.78, 5) is 12.4. The molecule has 1 aliphatic heterocycles. The zero-order chi connectivity index (χ0) is 20.1. The molecule has 1 amide bonds. The molecular weight excluding hydrogens is 421 g/mol. The van der Waals surface area contributed by atoms with Crippen LogP contribution in [0.3, 0.4) is 0 Å². The van der Waals surface area contributed by atoms with Crippen molar-refractivity contribution < 1.29 is 13.2 Å². The van der Waals surface area contributed by atoms with Gasteiger partial charge in [-0.15, -0.1) is 0 Å². The largest absolute Gasteiger partial charge is 0.271 e. The highest BCUT2D eigenvalue weighted by Crippen LogP contribution is 2.22. The number of hydrogen-bond donors (Lipinski definition) is 1. The third-order valence-corrected chi connectivity index (χ3v) is 7.01. The van der Waals surface area contributed by atoms with Gasteiger partial charge in [0.1, 0.15) is 0 Å². The number of rotatable bonds is 5. The third kappa shape index (κ3) is 4.91. The predicted molar refractivity (Wildman–Crippen MR) is 111 cm³/mol. The number of sulfonamides is 1. The standard InChI is InChI=1S/C19H19Cl2N3O3S/c20-17-8-7-14(11-18(17)21)13-22-23-19(25)15-5-4-6-16(12-15)28(26,27)24-9-2-1-3-10-24/h4-8,11-13H,1-3,9-10H2,(H,23,25)/b22-13+. The highest BCUT2D eigenvalue weighted by Gasteiger charge is 2.26. The molecular formula is C19H19Cl2N3O3S. The van der Waals surface area contributed by atoms with Gasteiger partial charge in [-0.2, -0.15) is 9.41 Å². The fourth-order valence-electron chi connectivity index (χ4n) is 2.87. The summed E-state index contributed by atoms with van der Waals surface area (Å²) in [7, 11) is -3.60. The van der Waals surface area contributed by atoms with E-state index in [0.29, 0.717) is 28.7 Å². The van der Waals surface area contributed by atoms with Gasteiger partial charge in [-0.3, -0.25) is 4.79 Å². The van der Waals surface area contributed by atoms with Crippen molar-refractivity contribution in [2.24, 2.45) is 5.10 Å². The number of carbonyl (C=O) groups is 1. The number of halogens is 2. The average molecular weight is 440 g/mol. The summed E-state index contributed by atoms with van der Waals surface area (Å²) in [5, 5.41) is 4.69. The Hall–Kier alpha value is -1.93. The lowest BCUT2D eigenvalue weighted by molar-refractivity contribution is 0.0955. The molecule has 0 saturated carbocycles. The molecule has 6 nitrogen and oxygen atoms in total. The van der Waals surface area contributed by atoms with Crippen molar-refractivity contribution in [3.05, 3.63) is 63.6 Å². The van der Waals surface area contributed by atoms with Crippen molar-refractivity contribution in [2.45, 2.75) is 24.2 Å². The molecule has 0 aliphatic carbocycles. The first kappa shape index (κ1) is 20.8. The molecule has 28 heavy (non-hydrogen) atoms. The molecule has 0 atom stereocenters. The van der Waals surface area contributed by atoms with E-state index in [2.05, 4.69) is 10.5 Å².